The first kappa shape index (κ1) is 15.8. The Hall–Kier alpha value is -2.11. The van der Waals surface area contributed by atoms with Crippen LogP contribution in [0.2, 0.25) is 0 Å². The predicted octanol–water partition coefficient (Wildman–Crippen LogP) is 3.07. The Labute approximate surface area is 143 Å². The topological polar surface area (TPSA) is 61.4 Å². The number of carbonyl (C=O) groups is 1. The van der Waals surface area contributed by atoms with Crippen molar-refractivity contribution in [3.05, 3.63) is 69.8 Å². The molecular weight excluding hydrogens is 356 g/mol. The van der Waals surface area contributed by atoms with E-state index in [1.54, 1.807) is 6.20 Å². The van der Waals surface area contributed by atoms with E-state index in [0.29, 0.717) is 18.5 Å². The van der Waals surface area contributed by atoms with Crippen molar-refractivity contribution >= 4 is 33.1 Å². The Kier molecular flexibility index (Phi) is 4.79. The summed E-state index contributed by atoms with van der Waals surface area (Å²) < 4.78 is 0.999. The Morgan fingerprint density at radius 2 is 2.00 bits per heavy atom. The fourth-order valence-electron chi connectivity index (χ4n) is 2.56. The molecule has 1 heterocycles. The summed E-state index contributed by atoms with van der Waals surface area (Å²) in [6, 6.07) is 13.7. The number of benzene rings is 2. The zero-order valence-electron chi connectivity index (χ0n) is 12.5. The molecule has 3 N–H and O–H groups in total. The van der Waals surface area contributed by atoms with Gasteiger partial charge in [0.1, 0.15) is 0 Å². The molecular formula is C18H17BrN2O2. The first-order valence-corrected chi connectivity index (χ1v) is 8.20. The van der Waals surface area contributed by atoms with Crippen LogP contribution in [0.5, 0.6) is 0 Å². The molecule has 0 saturated carbocycles. The fraction of sp³-hybridized carbons (Fsp3) is 0.167. The minimum atomic E-state index is -0.0794. The fourth-order valence-corrected chi connectivity index (χ4v) is 2.97. The Morgan fingerprint density at radius 1 is 1.22 bits per heavy atom. The van der Waals surface area contributed by atoms with Crippen LogP contribution in [0.25, 0.3) is 5.57 Å². The Balaban J connectivity index is 1.83. The van der Waals surface area contributed by atoms with Crippen molar-refractivity contribution in [3.8, 4) is 0 Å². The number of rotatable bonds is 4. The van der Waals surface area contributed by atoms with Crippen molar-refractivity contribution in [2.45, 2.75) is 13.0 Å². The SMILES string of the molecule is O=C1NCc2cc(Br)ccc2C1=CNc1ccc(CCO)cc1. The lowest BCUT2D eigenvalue weighted by molar-refractivity contribution is -0.116. The van der Waals surface area contributed by atoms with E-state index in [1.807, 2.05) is 42.5 Å². The molecule has 0 aromatic heterocycles. The van der Waals surface area contributed by atoms with Crippen LogP contribution < -0.4 is 10.6 Å². The third kappa shape index (κ3) is 3.63. The summed E-state index contributed by atoms with van der Waals surface area (Å²) in [4.78, 5) is 12.1. The number of anilines is 1. The largest absolute Gasteiger partial charge is 0.396 e. The van der Waals surface area contributed by atoms with E-state index < -0.39 is 0 Å². The maximum atomic E-state index is 12.1. The quantitative estimate of drug-likeness (QED) is 0.722. The van der Waals surface area contributed by atoms with Crippen LogP contribution in [0.4, 0.5) is 5.69 Å². The van der Waals surface area contributed by atoms with Crippen molar-refractivity contribution in [1.29, 1.82) is 0 Å². The lowest BCUT2D eigenvalue weighted by atomic mass is 9.96. The number of amides is 1. The molecule has 2 aromatic carbocycles. The van der Waals surface area contributed by atoms with Crippen LogP contribution in [-0.2, 0) is 17.8 Å². The van der Waals surface area contributed by atoms with Gasteiger partial charge in [0, 0.05) is 29.5 Å². The van der Waals surface area contributed by atoms with Crippen molar-refractivity contribution in [3.63, 3.8) is 0 Å². The molecule has 3 rings (SSSR count). The maximum absolute atomic E-state index is 12.1. The van der Waals surface area contributed by atoms with Crippen LogP contribution in [-0.4, -0.2) is 17.6 Å². The smallest absolute Gasteiger partial charge is 0.253 e. The highest BCUT2D eigenvalue weighted by Crippen LogP contribution is 2.27. The van der Waals surface area contributed by atoms with E-state index >= 15 is 0 Å². The van der Waals surface area contributed by atoms with Gasteiger partial charge in [0.15, 0.2) is 0 Å². The summed E-state index contributed by atoms with van der Waals surface area (Å²) in [6.07, 6.45) is 2.38. The van der Waals surface area contributed by atoms with E-state index in [9.17, 15) is 4.79 Å². The summed E-state index contributed by atoms with van der Waals surface area (Å²) >= 11 is 3.45. The van der Waals surface area contributed by atoms with Gasteiger partial charge in [-0.15, -0.1) is 0 Å². The molecule has 5 heteroatoms. The number of carbonyl (C=O) groups excluding carboxylic acids is 1. The number of halogens is 1. The number of hydrogen-bond donors (Lipinski definition) is 3. The molecule has 0 saturated heterocycles. The maximum Gasteiger partial charge on any atom is 0.253 e. The molecule has 1 amide bonds. The summed E-state index contributed by atoms with van der Waals surface area (Å²) in [5.41, 5.74) is 4.64. The van der Waals surface area contributed by atoms with Crippen LogP contribution in [0.1, 0.15) is 16.7 Å². The highest BCUT2D eigenvalue weighted by atomic mass is 79.9. The van der Waals surface area contributed by atoms with E-state index in [4.69, 9.17) is 5.11 Å². The first-order chi connectivity index (χ1) is 11.2. The van der Waals surface area contributed by atoms with Crippen LogP contribution in [0, 0.1) is 0 Å². The number of aliphatic hydroxyl groups is 1. The van der Waals surface area contributed by atoms with E-state index in [-0.39, 0.29) is 12.5 Å². The first-order valence-electron chi connectivity index (χ1n) is 7.41. The van der Waals surface area contributed by atoms with Crippen molar-refractivity contribution in [2.24, 2.45) is 0 Å². The van der Waals surface area contributed by atoms with Gasteiger partial charge in [-0.3, -0.25) is 4.79 Å². The second-order valence-electron chi connectivity index (χ2n) is 5.36. The molecule has 0 atom stereocenters. The van der Waals surface area contributed by atoms with Gasteiger partial charge in [0.25, 0.3) is 5.91 Å². The molecule has 1 aliphatic heterocycles. The van der Waals surface area contributed by atoms with Gasteiger partial charge in [-0.2, -0.15) is 0 Å². The van der Waals surface area contributed by atoms with Gasteiger partial charge in [0.2, 0.25) is 0 Å². The third-order valence-corrected chi connectivity index (χ3v) is 4.27. The predicted molar refractivity (Wildman–Crippen MR) is 94.8 cm³/mol. The molecule has 23 heavy (non-hydrogen) atoms. The molecule has 0 spiro atoms. The van der Waals surface area contributed by atoms with E-state index in [2.05, 4.69) is 26.6 Å². The average Bonchev–Trinajstić information content (AvgIpc) is 2.56. The molecule has 118 valence electrons. The number of fused-ring (bicyclic) bond motifs is 1. The Bertz CT molecular complexity index is 754. The van der Waals surface area contributed by atoms with Gasteiger partial charge in [0.05, 0.1) is 5.57 Å². The Morgan fingerprint density at radius 3 is 2.74 bits per heavy atom. The molecule has 0 radical (unpaired) electrons. The van der Waals surface area contributed by atoms with Crippen molar-refractivity contribution in [2.75, 3.05) is 11.9 Å². The van der Waals surface area contributed by atoms with Crippen molar-refractivity contribution in [1.82, 2.24) is 5.32 Å². The molecule has 0 unspecified atom stereocenters. The van der Waals surface area contributed by atoms with Gasteiger partial charge in [-0.25, -0.2) is 0 Å². The standard InChI is InChI=1S/C18H17BrN2O2/c19-14-3-6-16-13(9-14)10-21-18(23)17(16)11-20-15-4-1-12(2-5-15)7-8-22/h1-6,9,11,20,22H,7-8,10H2,(H,21,23). The van der Waals surface area contributed by atoms with Gasteiger partial charge in [-0.05, 0) is 47.4 Å². The summed E-state index contributed by atoms with van der Waals surface area (Å²) in [5, 5.41) is 15.0. The second kappa shape index (κ2) is 6.98. The molecule has 0 aliphatic carbocycles. The normalized spacial score (nSPS) is 15.2. The molecule has 0 bridgehead atoms. The monoisotopic (exact) mass is 372 g/mol. The molecule has 2 aromatic rings. The zero-order valence-corrected chi connectivity index (χ0v) is 14.1. The highest BCUT2D eigenvalue weighted by molar-refractivity contribution is 9.10. The molecule has 4 nitrogen and oxygen atoms in total. The minimum absolute atomic E-state index is 0.0794. The summed E-state index contributed by atoms with van der Waals surface area (Å²) in [7, 11) is 0. The van der Waals surface area contributed by atoms with Crippen LogP contribution in [0.15, 0.2) is 53.1 Å². The van der Waals surface area contributed by atoms with Crippen LogP contribution >= 0.6 is 15.9 Å². The van der Waals surface area contributed by atoms with Crippen molar-refractivity contribution < 1.29 is 9.90 Å². The van der Waals surface area contributed by atoms with E-state index in [1.165, 1.54) is 0 Å². The molecule has 1 aliphatic rings. The van der Waals surface area contributed by atoms with Crippen LogP contribution in [0.3, 0.4) is 0 Å². The number of aliphatic hydroxyl groups excluding tert-OH is 1. The second-order valence-corrected chi connectivity index (χ2v) is 6.27. The lowest BCUT2D eigenvalue weighted by Crippen LogP contribution is -2.29. The average molecular weight is 373 g/mol. The highest BCUT2D eigenvalue weighted by Gasteiger charge is 2.20. The van der Waals surface area contributed by atoms with Gasteiger partial charge >= 0.3 is 0 Å². The summed E-state index contributed by atoms with van der Waals surface area (Å²) in [5.74, 6) is -0.0794. The zero-order chi connectivity index (χ0) is 16.2. The van der Waals surface area contributed by atoms with Gasteiger partial charge in [-0.1, -0.05) is 34.1 Å². The number of hydrogen-bond acceptors (Lipinski definition) is 3. The van der Waals surface area contributed by atoms with Gasteiger partial charge < -0.3 is 15.7 Å². The minimum Gasteiger partial charge on any atom is -0.396 e. The number of nitrogens with one attached hydrogen (secondary N) is 2. The lowest BCUT2D eigenvalue weighted by Gasteiger charge is -2.20. The third-order valence-electron chi connectivity index (χ3n) is 3.78. The van der Waals surface area contributed by atoms with E-state index in [0.717, 1.165) is 26.9 Å². The molecule has 0 fully saturated rings. The summed E-state index contributed by atoms with van der Waals surface area (Å²) in [6.45, 7) is 0.685.